The molecule has 1 heterocycles. The summed E-state index contributed by atoms with van der Waals surface area (Å²) in [4.78, 5) is 10.0. The van der Waals surface area contributed by atoms with Crippen molar-refractivity contribution < 1.29 is 27.3 Å². The Balaban J connectivity index is 2.64. The summed E-state index contributed by atoms with van der Waals surface area (Å²) >= 11 is 0. The van der Waals surface area contributed by atoms with Gasteiger partial charge in [0.2, 0.25) is 0 Å². The highest BCUT2D eigenvalue weighted by molar-refractivity contribution is 7.49. The van der Waals surface area contributed by atoms with Gasteiger partial charge in [0, 0.05) is 0 Å². The smallest absolute Gasteiger partial charge is 0.360 e. The SMILES string of the molecule is O=C1O[PH](=O)O[PH](=O)O1. The summed E-state index contributed by atoms with van der Waals surface area (Å²) in [6.45, 7) is 0. The summed E-state index contributed by atoms with van der Waals surface area (Å²) in [7, 11) is -5.76. The fourth-order valence-corrected chi connectivity index (χ4v) is 1.58. The molecule has 0 bridgehead atoms. The van der Waals surface area contributed by atoms with Crippen LogP contribution in [0.3, 0.4) is 0 Å². The van der Waals surface area contributed by atoms with Crippen molar-refractivity contribution in [2.75, 3.05) is 0 Å². The van der Waals surface area contributed by atoms with Crippen LogP contribution in [-0.2, 0) is 22.5 Å². The zero-order chi connectivity index (χ0) is 6.85. The van der Waals surface area contributed by atoms with E-state index in [2.05, 4.69) is 13.4 Å². The Morgan fingerprint density at radius 2 is 1.56 bits per heavy atom. The number of hydrogen-bond acceptors (Lipinski definition) is 6. The molecule has 0 N–H and O–H groups in total. The molecule has 52 valence electrons. The van der Waals surface area contributed by atoms with E-state index in [9.17, 15) is 13.9 Å². The molecular weight excluding hydrogens is 170 g/mol. The molecule has 1 aliphatic heterocycles. The van der Waals surface area contributed by atoms with E-state index < -0.39 is 22.7 Å². The average Bonchev–Trinajstić information content (AvgIpc) is 1.59. The quantitative estimate of drug-likeness (QED) is 0.506. The van der Waals surface area contributed by atoms with E-state index in [4.69, 9.17) is 0 Å². The molecule has 0 amide bonds. The van der Waals surface area contributed by atoms with Crippen molar-refractivity contribution >= 4 is 22.7 Å². The maximum atomic E-state index is 10.1. The molecule has 1 aliphatic rings. The number of carbonyl (C=O) groups is 1. The van der Waals surface area contributed by atoms with Crippen LogP contribution in [0.4, 0.5) is 4.79 Å². The van der Waals surface area contributed by atoms with Crippen LogP contribution in [0.25, 0.3) is 0 Å². The number of carbonyl (C=O) groups excluding carboxylic acids is 1. The second-order valence-electron chi connectivity index (χ2n) is 1.06. The molecule has 0 spiro atoms. The molecular formula is CH2O6P2. The minimum Gasteiger partial charge on any atom is -0.360 e. The summed E-state index contributed by atoms with van der Waals surface area (Å²) in [6, 6.07) is 0. The van der Waals surface area contributed by atoms with Crippen LogP contribution in [0.5, 0.6) is 0 Å². The lowest BCUT2D eigenvalue weighted by Gasteiger charge is -2.09. The Bertz CT molecular complexity index is 138. The fourth-order valence-electron chi connectivity index (χ4n) is 0.267. The first kappa shape index (κ1) is 6.81. The Hall–Kier alpha value is -0.310. The number of rotatable bonds is 0. The van der Waals surface area contributed by atoms with Gasteiger partial charge in [-0.05, 0) is 0 Å². The van der Waals surface area contributed by atoms with Crippen LogP contribution in [0.1, 0.15) is 0 Å². The van der Waals surface area contributed by atoms with Crippen LogP contribution in [0, 0.1) is 0 Å². The summed E-state index contributed by atoms with van der Waals surface area (Å²) in [6.07, 6.45) is -1.20. The molecule has 6 nitrogen and oxygen atoms in total. The molecule has 2 unspecified atom stereocenters. The monoisotopic (exact) mass is 172 g/mol. The van der Waals surface area contributed by atoms with Gasteiger partial charge in [0.15, 0.2) is 0 Å². The van der Waals surface area contributed by atoms with Gasteiger partial charge in [-0.3, -0.25) is 0 Å². The lowest BCUT2D eigenvalue weighted by Crippen LogP contribution is -2.01. The molecule has 1 rings (SSSR count). The predicted octanol–water partition coefficient (Wildman–Crippen LogP) is 0.949. The largest absolute Gasteiger partial charge is 0.521 e. The van der Waals surface area contributed by atoms with Crippen molar-refractivity contribution in [3.63, 3.8) is 0 Å². The molecule has 2 atom stereocenters. The highest BCUT2D eigenvalue weighted by Crippen LogP contribution is 2.45. The van der Waals surface area contributed by atoms with Gasteiger partial charge >= 0.3 is 22.7 Å². The first-order chi connectivity index (χ1) is 4.18. The van der Waals surface area contributed by atoms with Crippen LogP contribution >= 0.6 is 16.5 Å². The normalized spacial score (nSPS) is 34.9. The second kappa shape index (κ2) is 2.52. The maximum absolute atomic E-state index is 10.1. The van der Waals surface area contributed by atoms with Crippen molar-refractivity contribution in [1.29, 1.82) is 0 Å². The minimum absolute atomic E-state index is 1.20. The first-order valence-corrected chi connectivity index (χ1v) is 4.29. The highest BCUT2D eigenvalue weighted by Gasteiger charge is 2.22. The topological polar surface area (TPSA) is 78.9 Å². The van der Waals surface area contributed by atoms with Gasteiger partial charge in [0.25, 0.3) is 0 Å². The Morgan fingerprint density at radius 3 is 1.89 bits per heavy atom. The third-order valence-corrected chi connectivity index (χ3v) is 2.50. The second-order valence-corrected chi connectivity index (χ2v) is 3.28. The molecule has 1 fully saturated rings. The average molecular weight is 172 g/mol. The van der Waals surface area contributed by atoms with Crippen LogP contribution in [0.15, 0.2) is 0 Å². The Morgan fingerprint density at radius 1 is 1.11 bits per heavy atom. The van der Waals surface area contributed by atoms with E-state index >= 15 is 0 Å². The standard InChI is InChI=1S/CH2O6P2/c2-1-5-8(3)7-9(4)6-1/h8-9H. The molecule has 0 radical (unpaired) electrons. The third-order valence-electron chi connectivity index (χ3n) is 0.500. The van der Waals surface area contributed by atoms with Gasteiger partial charge in [-0.15, -0.1) is 0 Å². The third kappa shape index (κ3) is 1.82. The van der Waals surface area contributed by atoms with Gasteiger partial charge in [-0.25, -0.2) is 18.2 Å². The number of hydrogen-bond donors (Lipinski definition) is 0. The summed E-state index contributed by atoms with van der Waals surface area (Å²) in [5.74, 6) is 0. The van der Waals surface area contributed by atoms with Crippen molar-refractivity contribution in [2.24, 2.45) is 0 Å². The summed E-state index contributed by atoms with van der Waals surface area (Å²) in [5.41, 5.74) is 0. The minimum atomic E-state index is -2.88. The van der Waals surface area contributed by atoms with Gasteiger partial charge < -0.3 is 9.05 Å². The lowest BCUT2D eigenvalue weighted by molar-refractivity contribution is 0.136. The predicted molar refractivity (Wildman–Crippen MR) is 26.7 cm³/mol. The molecule has 1 saturated heterocycles. The molecule has 0 saturated carbocycles. The van der Waals surface area contributed by atoms with E-state index in [0.717, 1.165) is 0 Å². The zero-order valence-corrected chi connectivity index (χ0v) is 5.95. The molecule has 0 aromatic heterocycles. The van der Waals surface area contributed by atoms with Crippen molar-refractivity contribution in [1.82, 2.24) is 0 Å². The summed E-state index contributed by atoms with van der Waals surface area (Å²) in [5, 5.41) is 0. The maximum Gasteiger partial charge on any atom is 0.521 e. The molecule has 8 heteroatoms. The van der Waals surface area contributed by atoms with Gasteiger partial charge in [0.05, 0.1) is 0 Å². The molecule has 0 aromatic rings. The molecule has 0 aromatic carbocycles. The van der Waals surface area contributed by atoms with Crippen LogP contribution in [0.2, 0.25) is 0 Å². The van der Waals surface area contributed by atoms with E-state index in [0.29, 0.717) is 0 Å². The van der Waals surface area contributed by atoms with E-state index in [1.54, 1.807) is 0 Å². The van der Waals surface area contributed by atoms with Crippen LogP contribution in [-0.4, -0.2) is 6.16 Å². The zero-order valence-electron chi connectivity index (χ0n) is 3.95. The molecule has 0 aliphatic carbocycles. The summed E-state index contributed by atoms with van der Waals surface area (Å²) < 4.78 is 32.0. The lowest BCUT2D eigenvalue weighted by atomic mass is 11.5. The van der Waals surface area contributed by atoms with Crippen molar-refractivity contribution in [3.05, 3.63) is 0 Å². The fraction of sp³-hybridized carbons (Fsp3) is 0. The van der Waals surface area contributed by atoms with E-state index in [1.807, 2.05) is 0 Å². The van der Waals surface area contributed by atoms with Crippen LogP contribution < -0.4 is 0 Å². The van der Waals surface area contributed by atoms with Crippen molar-refractivity contribution in [2.45, 2.75) is 0 Å². The van der Waals surface area contributed by atoms with Gasteiger partial charge in [-0.2, -0.15) is 0 Å². The highest BCUT2D eigenvalue weighted by atomic mass is 31.2. The Labute approximate surface area is 51.0 Å². The van der Waals surface area contributed by atoms with E-state index in [1.165, 1.54) is 0 Å². The first-order valence-electron chi connectivity index (χ1n) is 1.84. The Kier molecular flexibility index (Phi) is 1.90. The van der Waals surface area contributed by atoms with Crippen molar-refractivity contribution in [3.8, 4) is 0 Å². The van der Waals surface area contributed by atoms with Gasteiger partial charge in [0.1, 0.15) is 0 Å². The molecule has 9 heavy (non-hydrogen) atoms. The van der Waals surface area contributed by atoms with Gasteiger partial charge in [-0.1, -0.05) is 0 Å². The van der Waals surface area contributed by atoms with E-state index in [-0.39, 0.29) is 0 Å².